The molecule has 0 bridgehead atoms. The van der Waals surface area contributed by atoms with Crippen LogP contribution in [0.5, 0.6) is 0 Å². The van der Waals surface area contributed by atoms with Gasteiger partial charge in [0.15, 0.2) is 5.11 Å². The Labute approximate surface area is 162 Å². The molecule has 1 saturated heterocycles. The molecule has 0 saturated carbocycles. The molecule has 4 N–H and O–H groups in total. The van der Waals surface area contributed by atoms with E-state index in [2.05, 4.69) is 45.1 Å². The van der Waals surface area contributed by atoms with Crippen LogP contribution in [0, 0.1) is 11.6 Å². The maximum absolute atomic E-state index is 14.3. The van der Waals surface area contributed by atoms with Crippen LogP contribution in [0.1, 0.15) is 17.5 Å². The summed E-state index contributed by atoms with van der Waals surface area (Å²) in [6.45, 7) is 2.44. The summed E-state index contributed by atoms with van der Waals surface area (Å²) in [7, 11) is 0. The van der Waals surface area contributed by atoms with E-state index in [4.69, 9.17) is 5.73 Å². The third-order valence-corrected chi connectivity index (χ3v) is 4.41. The lowest BCUT2D eigenvalue weighted by Gasteiger charge is -2.18. The second kappa shape index (κ2) is 8.88. The topological polar surface area (TPSA) is 65.7 Å². The van der Waals surface area contributed by atoms with Crippen LogP contribution < -0.4 is 16.5 Å². The Morgan fingerprint density at radius 3 is 2.63 bits per heavy atom. The van der Waals surface area contributed by atoms with Gasteiger partial charge >= 0.3 is 0 Å². The van der Waals surface area contributed by atoms with Crippen LogP contribution in [0.3, 0.4) is 0 Å². The highest BCUT2D eigenvalue weighted by Crippen LogP contribution is 2.24. The maximum Gasteiger partial charge on any atom is 0.184 e. The fraction of sp³-hybridized carbons (Fsp3) is 0.263. The molecule has 2 aromatic rings. The molecule has 0 radical (unpaired) electrons. The van der Waals surface area contributed by atoms with Crippen LogP contribution >= 0.6 is 12.2 Å². The third kappa shape index (κ3) is 5.45. The Morgan fingerprint density at radius 1 is 1.26 bits per heavy atom. The van der Waals surface area contributed by atoms with Gasteiger partial charge in [-0.05, 0) is 36.3 Å². The van der Waals surface area contributed by atoms with E-state index in [1.165, 1.54) is 23.9 Å². The normalized spacial score (nSPS) is 17.3. The standard InChI is InChI=1S/C19H21F2N5S/c20-16-8-14(10-23-25-19(22)27)9-17(21)18(16)24-15-6-7-26(12-15)11-13-4-2-1-3-5-13/h1-5,8-10,15,24H,6-7,11-12H2,(H3,22,25,27)/t15-/m0/s1. The zero-order valence-corrected chi connectivity index (χ0v) is 15.5. The van der Waals surface area contributed by atoms with Crippen LogP contribution in [0.25, 0.3) is 0 Å². The van der Waals surface area contributed by atoms with Crippen molar-refractivity contribution in [1.82, 2.24) is 10.3 Å². The Morgan fingerprint density at radius 2 is 1.96 bits per heavy atom. The number of halogens is 2. The van der Waals surface area contributed by atoms with Crippen molar-refractivity contribution in [1.29, 1.82) is 0 Å². The van der Waals surface area contributed by atoms with Gasteiger partial charge < -0.3 is 11.1 Å². The number of benzene rings is 2. The van der Waals surface area contributed by atoms with Crippen molar-refractivity contribution in [2.24, 2.45) is 10.8 Å². The Balaban J connectivity index is 1.60. The van der Waals surface area contributed by atoms with E-state index in [-0.39, 0.29) is 22.4 Å². The number of hydrogen-bond acceptors (Lipinski definition) is 4. The van der Waals surface area contributed by atoms with Crippen LogP contribution in [0.15, 0.2) is 47.6 Å². The van der Waals surface area contributed by atoms with E-state index in [0.29, 0.717) is 0 Å². The van der Waals surface area contributed by atoms with Gasteiger partial charge in [-0.1, -0.05) is 30.3 Å². The van der Waals surface area contributed by atoms with Gasteiger partial charge in [-0.15, -0.1) is 0 Å². The van der Waals surface area contributed by atoms with E-state index < -0.39 is 11.6 Å². The molecule has 1 heterocycles. The van der Waals surface area contributed by atoms with Gasteiger partial charge in [0.1, 0.15) is 17.3 Å². The zero-order valence-electron chi connectivity index (χ0n) is 14.7. The average Bonchev–Trinajstić information content (AvgIpc) is 3.06. The lowest BCUT2D eigenvalue weighted by molar-refractivity contribution is 0.328. The summed E-state index contributed by atoms with van der Waals surface area (Å²) < 4.78 is 28.7. The Hall–Kier alpha value is -2.58. The SMILES string of the molecule is NC(=S)NN=Cc1cc(F)c(N[C@H]2CCN(Cc3ccccc3)C2)c(F)c1. The summed E-state index contributed by atoms with van der Waals surface area (Å²) in [6.07, 6.45) is 2.08. The molecule has 0 aliphatic carbocycles. The van der Waals surface area contributed by atoms with Gasteiger partial charge in [0.2, 0.25) is 0 Å². The summed E-state index contributed by atoms with van der Waals surface area (Å²) in [5.41, 5.74) is 8.97. The lowest BCUT2D eigenvalue weighted by Crippen LogP contribution is -2.26. The van der Waals surface area contributed by atoms with Crippen LogP contribution in [-0.4, -0.2) is 35.4 Å². The van der Waals surface area contributed by atoms with Crippen LogP contribution in [0.2, 0.25) is 0 Å². The van der Waals surface area contributed by atoms with Gasteiger partial charge in [0.05, 0.1) is 6.21 Å². The van der Waals surface area contributed by atoms with Crippen LogP contribution in [-0.2, 0) is 6.54 Å². The first kappa shape index (κ1) is 19.2. The van der Waals surface area contributed by atoms with Gasteiger partial charge in [-0.25, -0.2) is 8.78 Å². The zero-order chi connectivity index (χ0) is 19.2. The molecule has 27 heavy (non-hydrogen) atoms. The third-order valence-electron chi connectivity index (χ3n) is 4.32. The number of hydrogen-bond donors (Lipinski definition) is 3. The maximum atomic E-state index is 14.3. The summed E-state index contributed by atoms with van der Waals surface area (Å²) in [4.78, 5) is 2.27. The molecule has 0 aromatic heterocycles. The van der Waals surface area contributed by atoms with Gasteiger partial charge in [-0.3, -0.25) is 10.3 Å². The number of thiocarbonyl (C=S) groups is 1. The summed E-state index contributed by atoms with van der Waals surface area (Å²) in [5.74, 6) is -1.32. The molecule has 3 rings (SSSR count). The second-order valence-corrected chi connectivity index (χ2v) is 6.88. The number of nitrogens with zero attached hydrogens (tertiary/aromatic N) is 2. The van der Waals surface area contributed by atoms with E-state index >= 15 is 0 Å². The molecule has 1 aliphatic heterocycles. The van der Waals surface area contributed by atoms with E-state index in [1.807, 2.05) is 18.2 Å². The minimum Gasteiger partial charge on any atom is -0.376 e. The quantitative estimate of drug-likeness (QED) is 0.403. The highest BCUT2D eigenvalue weighted by Gasteiger charge is 2.24. The first-order chi connectivity index (χ1) is 13.0. The molecule has 1 aliphatic rings. The fourth-order valence-corrected chi connectivity index (χ4v) is 3.17. The summed E-state index contributed by atoms with van der Waals surface area (Å²) in [5, 5.41) is 6.69. The highest BCUT2D eigenvalue weighted by atomic mass is 32.1. The smallest absolute Gasteiger partial charge is 0.184 e. The second-order valence-electron chi connectivity index (χ2n) is 6.44. The van der Waals surface area contributed by atoms with Crippen molar-refractivity contribution < 1.29 is 8.78 Å². The number of rotatable bonds is 6. The number of nitrogens with two attached hydrogens (primary N) is 1. The van der Waals surface area contributed by atoms with Gasteiger partial charge in [0, 0.05) is 31.2 Å². The Kier molecular flexibility index (Phi) is 6.31. The molecular formula is C19H21F2N5S. The predicted octanol–water partition coefficient (Wildman–Crippen LogP) is 2.82. The molecule has 8 heteroatoms. The number of anilines is 1. The van der Waals surface area contributed by atoms with Crippen molar-refractivity contribution in [3.63, 3.8) is 0 Å². The number of hydrazone groups is 1. The summed E-state index contributed by atoms with van der Waals surface area (Å²) >= 11 is 4.60. The lowest BCUT2D eigenvalue weighted by atomic mass is 10.1. The molecule has 0 amide bonds. The first-order valence-corrected chi connectivity index (χ1v) is 9.02. The van der Waals surface area contributed by atoms with Crippen molar-refractivity contribution in [3.8, 4) is 0 Å². The van der Waals surface area contributed by atoms with Gasteiger partial charge in [0.25, 0.3) is 0 Å². The monoisotopic (exact) mass is 389 g/mol. The van der Waals surface area contributed by atoms with Crippen molar-refractivity contribution in [2.75, 3.05) is 18.4 Å². The number of nitrogens with one attached hydrogen (secondary N) is 2. The molecule has 0 spiro atoms. The minimum atomic E-state index is -0.659. The molecule has 1 fully saturated rings. The first-order valence-electron chi connectivity index (χ1n) is 8.61. The Bertz CT molecular complexity index is 805. The van der Waals surface area contributed by atoms with Crippen molar-refractivity contribution in [3.05, 3.63) is 65.2 Å². The average molecular weight is 389 g/mol. The molecule has 142 valence electrons. The molecule has 5 nitrogen and oxygen atoms in total. The molecule has 1 atom stereocenters. The number of likely N-dealkylation sites (tertiary alicyclic amines) is 1. The fourth-order valence-electron chi connectivity index (χ4n) is 3.12. The molecule has 0 unspecified atom stereocenters. The van der Waals surface area contributed by atoms with E-state index in [0.717, 1.165) is 26.1 Å². The van der Waals surface area contributed by atoms with E-state index in [1.54, 1.807) is 0 Å². The van der Waals surface area contributed by atoms with Crippen molar-refractivity contribution >= 4 is 29.2 Å². The van der Waals surface area contributed by atoms with Crippen LogP contribution in [0.4, 0.5) is 14.5 Å². The highest BCUT2D eigenvalue weighted by molar-refractivity contribution is 7.80. The van der Waals surface area contributed by atoms with Gasteiger partial charge in [-0.2, -0.15) is 5.10 Å². The largest absolute Gasteiger partial charge is 0.376 e. The summed E-state index contributed by atoms with van der Waals surface area (Å²) in [6, 6.07) is 12.6. The van der Waals surface area contributed by atoms with Crippen molar-refractivity contribution in [2.45, 2.75) is 19.0 Å². The predicted molar refractivity (Wildman–Crippen MR) is 108 cm³/mol. The molecule has 2 aromatic carbocycles. The minimum absolute atomic E-state index is 0.00601. The van der Waals surface area contributed by atoms with E-state index in [9.17, 15) is 8.78 Å². The molecular weight excluding hydrogens is 368 g/mol.